The van der Waals surface area contributed by atoms with Crippen molar-refractivity contribution in [3.05, 3.63) is 11.9 Å². The molecule has 4 heteroatoms. The number of aromatic nitrogens is 2. The first-order valence-electron chi connectivity index (χ1n) is 7.62. The minimum Gasteiger partial charge on any atom is -0.493 e. The summed E-state index contributed by atoms with van der Waals surface area (Å²) in [7, 11) is 1.61. The fourth-order valence-corrected chi connectivity index (χ4v) is 3.00. The lowest BCUT2D eigenvalue weighted by Gasteiger charge is -2.33. The van der Waals surface area contributed by atoms with Crippen LogP contribution in [-0.4, -0.2) is 22.7 Å². The van der Waals surface area contributed by atoms with Crippen molar-refractivity contribution in [3.63, 3.8) is 0 Å². The summed E-state index contributed by atoms with van der Waals surface area (Å²) in [6.45, 7) is 7.43. The molecule has 2 rings (SSSR count). The number of Topliss-reactive ketones (excluding diaryl/α,β-unsaturated/α-hetero) is 1. The maximum Gasteiger partial charge on any atom is 0.187 e. The Balaban J connectivity index is 2.18. The average molecular weight is 278 g/mol. The normalized spacial score (nSPS) is 19.0. The monoisotopic (exact) mass is 278 g/mol. The minimum atomic E-state index is 0.129. The second kappa shape index (κ2) is 5.98. The van der Waals surface area contributed by atoms with Gasteiger partial charge in [-0.2, -0.15) is 5.10 Å². The van der Waals surface area contributed by atoms with E-state index in [1.807, 2.05) is 0 Å². The Morgan fingerprint density at radius 3 is 2.65 bits per heavy atom. The van der Waals surface area contributed by atoms with Crippen molar-refractivity contribution < 1.29 is 9.53 Å². The van der Waals surface area contributed by atoms with E-state index in [9.17, 15) is 4.79 Å². The van der Waals surface area contributed by atoms with E-state index in [2.05, 4.69) is 25.9 Å². The number of methoxy groups -OCH3 is 1. The van der Waals surface area contributed by atoms with Crippen LogP contribution in [0.5, 0.6) is 5.75 Å². The first-order chi connectivity index (χ1) is 9.48. The highest BCUT2D eigenvalue weighted by Gasteiger charge is 2.33. The summed E-state index contributed by atoms with van der Waals surface area (Å²) in [4.78, 5) is 12.8. The first kappa shape index (κ1) is 15.1. The van der Waals surface area contributed by atoms with Crippen LogP contribution in [0, 0.1) is 11.3 Å². The van der Waals surface area contributed by atoms with Crippen LogP contribution < -0.4 is 4.74 Å². The minimum absolute atomic E-state index is 0.129. The van der Waals surface area contributed by atoms with Gasteiger partial charge in [0.1, 0.15) is 5.69 Å². The first-order valence-corrected chi connectivity index (χ1v) is 7.62. The summed E-state index contributed by atoms with van der Waals surface area (Å²) in [5, 5.41) is 4.29. The highest BCUT2D eigenvalue weighted by molar-refractivity contribution is 5.98. The summed E-state index contributed by atoms with van der Waals surface area (Å²) in [5.41, 5.74) is 1.05. The number of rotatable bonds is 5. The number of aryl methyl sites for hydroxylation is 1. The van der Waals surface area contributed by atoms with E-state index < -0.39 is 0 Å². The van der Waals surface area contributed by atoms with Crippen molar-refractivity contribution >= 4 is 5.78 Å². The lowest BCUT2D eigenvalue weighted by molar-refractivity contribution is 0.0823. The zero-order valence-corrected chi connectivity index (χ0v) is 13.1. The van der Waals surface area contributed by atoms with Gasteiger partial charge in [0.2, 0.25) is 0 Å². The third-order valence-electron chi connectivity index (χ3n) is 4.40. The molecule has 1 aliphatic carbocycles. The number of nitrogens with zero attached hydrogens (tertiary/aromatic N) is 2. The van der Waals surface area contributed by atoms with Crippen molar-refractivity contribution in [2.24, 2.45) is 11.3 Å². The van der Waals surface area contributed by atoms with Gasteiger partial charge in [-0.3, -0.25) is 9.48 Å². The van der Waals surface area contributed by atoms with Crippen molar-refractivity contribution in [3.8, 4) is 5.75 Å². The molecule has 0 bridgehead atoms. The highest BCUT2D eigenvalue weighted by atomic mass is 16.5. The molecule has 1 aliphatic rings. The van der Waals surface area contributed by atoms with E-state index >= 15 is 0 Å². The van der Waals surface area contributed by atoms with Crippen LogP contribution in [0.2, 0.25) is 0 Å². The fraction of sp³-hybridized carbons (Fsp3) is 0.750. The average Bonchev–Trinajstić information content (AvgIpc) is 2.81. The van der Waals surface area contributed by atoms with Gasteiger partial charge in [0.15, 0.2) is 11.5 Å². The largest absolute Gasteiger partial charge is 0.493 e. The summed E-state index contributed by atoms with van der Waals surface area (Å²) >= 11 is 0. The summed E-state index contributed by atoms with van der Waals surface area (Å²) < 4.78 is 7.13. The highest BCUT2D eigenvalue weighted by Crippen LogP contribution is 2.39. The molecule has 0 spiro atoms. The molecule has 4 nitrogen and oxygen atoms in total. The number of carbonyl (C=O) groups is 1. The van der Waals surface area contributed by atoms with Gasteiger partial charge in [0.25, 0.3) is 0 Å². The van der Waals surface area contributed by atoms with Crippen LogP contribution in [0.15, 0.2) is 6.20 Å². The molecule has 0 aliphatic heterocycles. The number of ketones is 1. The Labute approximate surface area is 121 Å². The van der Waals surface area contributed by atoms with Gasteiger partial charge in [-0.25, -0.2) is 0 Å². The quantitative estimate of drug-likeness (QED) is 0.771. The number of hydrogen-bond donors (Lipinski definition) is 0. The molecule has 112 valence electrons. The molecule has 1 aromatic rings. The molecular weight excluding hydrogens is 252 g/mol. The zero-order chi connectivity index (χ0) is 14.8. The van der Waals surface area contributed by atoms with Gasteiger partial charge in [0, 0.05) is 12.5 Å². The molecule has 20 heavy (non-hydrogen) atoms. The fourth-order valence-electron chi connectivity index (χ4n) is 3.00. The van der Waals surface area contributed by atoms with Gasteiger partial charge < -0.3 is 4.74 Å². The maximum atomic E-state index is 12.8. The molecule has 0 N–H and O–H groups in total. The second-order valence-corrected chi connectivity index (χ2v) is 6.59. The smallest absolute Gasteiger partial charge is 0.187 e. The van der Waals surface area contributed by atoms with Crippen molar-refractivity contribution in [1.82, 2.24) is 9.78 Å². The third kappa shape index (κ3) is 3.05. The molecule has 0 unspecified atom stereocenters. The van der Waals surface area contributed by atoms with Gasteiger partial charge >= 0.3 is 0 Å². The van der Waals surface area contributed by atoms with E-state index in [0.29, 0.717) is 16.9 Å². The number of hydrogen-bond acceptors (Lipinski definition) is 3. The van der Waals surface area contributed by atoms with Gasteiger partial charge in [-0.1, -0.05) is 20.8 Å². The van der Waals surface area contributed by atoms with Crippen LogP contribution in [0.1, 0.15) is 63.4 Å². The molecule has 0 amide bonds. The van der Waals surface area contributed by atoms with Crippen molar-refractivity contribution in [1.29, 1.82) is 0 Å². The van der Waals surface area contributed by atoms with Crippen LogP contribution in [0.3, 0.4) is 0 Å². The molecular formula is C16H26N2O2. The predicted molar refractivity (Wildman–Crippen MR) is 79.1 cm³/mol. The van der Waals surface area contributed by atoms with E-state index in [-0.39, 0.29) is 11.7 Å². The molecule has 0 radical (unpaired) electrons. The van der Waals surface area contributed by atoms with Crippen molar-refractivity contribution in [2.45, 2.75) is 59.4 Å². The number of carbonyl (C=O) groups excluding carboxylic acids is 1. The number of ether oxygens (including phenoxy) is 1. The topological polar surface area (TPSA) is 44.1 Å². The van der Waals surface area contributed by atoms with Crippen LogP contribution in [0.4, 0.5) is 0 Å². The Bertz CT molecular complexity index is 467. The van der Waals surface area contributed by atoms with Crippen LogP contribution in [-0.2, 0) is 6.54 Å². The van der Waals surface area contributed by atoms with E-state index in [0.717, 1.165) is 38.6 Å². The molecule has 1 saturated carbocycles. The van der Waals surface area contributed by atoms with Gasteiger partial charge in [0.05, 0.1) is 13.3 Å². The lowest BCUT2D eigenvalue weighted by atomic mass is 9.71. The van der Waals surface area contributed by atoms with E-state index in [1.165, 1.54) is 0 Å². The second-order valence-electron chi connectivity index (χ2n) is 6.59. The zero-order valence-electron chi connectivity index (χ0n) is 13.1. The standard InChI is InChI=1S/C16H26N2O2/c1-5-10-18-14(13(20-4)11-17-18)15(19)12-6-8-16(2,3)9-7-12/h11-12H,5-10H2,1-4H3. The van der Waals surface area contributed by atoms with Gasteiger partial charge in [-0.05, 0) is 37.5 Å². The lowest BCUT2D eigenvalue weighted by Crippen LogP contribution is -2.28. The molecule has 0 atom stereocenters. The Kier molecular flexibility index (Phi) is 4.51. The van der Waals surface area contributed by atoms with Gasteiger partial charge in [-0.15, -0.1) is 0 Å². The Morgan fingerprint density at radius 1 is 1.45 bits per heavy atom. The Morgan fingerprint density at radius 2 is 2.10 bits per heavy atom. The summed E-state index contributed by atoms with van der Waals surface area (Å²) in [6, 6.07) is 0. The molecule has 0 aromatic carbocycles. The van der Waals surface area contributed by atoms with Crippen LogP contribution >= 0.6 is 0 Å². The summed E-state index contributed by atoms with van der Waals surface area (Å²) in [5.74, 6) is 0.959. The van der Waals surface area contributed by atoms with E-state index in [4.69, 9.17) is 4.74 Å². The van der Waals surface area contributed by atoms with E-state index in [1.54, 1.807) is 18.0 Å². The molecule has 1 heterocycles. The molecule has 1 fully saturated rings. The molecule has 0 saturated heterocycles. The predicted octanol–water partition coefficient (Wildman–Crippen LogP) is 3.70. The SMILES string of the molecule is CCCn1ncc(OC)c1C(=O)C1CCC(C)(C)CC1. The molecule has 1 aromatic heterocycles. The Hall–Kier alpha value is -1.32. The van der Waals surface area contributed by atoms with Crippen molar-refractivity contribution in [2.75, 3.05) is 7.11 Å². The third-order valence-corrected chi connectivity index (χ3v) is 4.40. The maximum absolute atomic E-state index is 12.8. The van der Waals surface area contributed by atoms with Crippen LogP contribution in [0.25, 0.3) is 0 Å². The summed E-state index contributed by atoms with van der Waals surface area (Å²) in [6.07, 6.45) is 6.82.